The average Bonchev–Trinajstić information content (AvgIpc) is 4.15. The number of aromatic nitrogens is 3. The van der Waals surface area contributed by atoms with Gasteiger partial charge in [-0.2, -0.15) is 0 Å². The van der Waals surface area contributed by atoms with Gasteiger partial charge in [0.15, 0.2) is 16.0 Å². The van der Waals surface area contributed by atoms with Crippen molar-refractivity contribution < 1.29 is 38.9 Å². The van der Waals surface area contributed by atoms with Gasteiger partial charge in [-0.3, -0.25) is 24.5 Å². The van der Waals surface area contributed by atoms with Gasteiger partial charge in [0.2, 0.25) is 17.7 Å². The molecule has 16 nitrogen and oxygen atoms in total. The molecule has 5 N–H and O–H groups in total. The van der Waals surface area contributed by atoms with Crippen molar-refractivity contribution in [2.75, 3.05) is 30.4 Å². The number of para-hydroxylation sites is 1. The number of carbonyl (C=O) groups excluding carboxylic acids is 4. The molecule has 8 rings (SSSR count). The number of likely N-dealkylation sites (tertiary alicyclic amines) is 1. The Morgan fingerprint density at radius 1 is 0.957 bits per heavy atom. The molecule has 70 heavy (non-hydrogen) atoms. The molecule has 0 radical (unpaired) electrons. The van der Waals surface area contributed by atoms with Crippen molar-refractivity contribution in [1.29, 1.82) is 0 Å². The van der Waals surface area contributed by atoms with Gasteiger partial charge in [0.05, 0.1) is 44.5 Å². The topological polar surface area (TPSA) is 216 Å². The summed E-state index contributed by atoms with van der Waals surface area (Å²) in [7, 11) is 1.54. The fraction of sp³-hybridized carbons (Fsp3) is 0.412. The van der Waals surface area contributed by atoms with Crippen LogP contribution < -0.4 is 20.9 Å². The Bertz CT molecular complexity index is 2860. The number of anilines is 2. The first-order chi connectivity index (χ1) is 33.5. The zero-order valence-electron chi connectivity index (χ0n) is 40.0. The Balaban J connectivity index is 0.864. The first-order valence-corrected chi connectivity index (χ1v) is 25.9. The monoisotopic (exact) mass is 1010 g/mol. The van der Waals surface area contributed by atoms with Crippen molar-refractivity contribution in [1.82, 2.24) is 30.5 Å². The number of aliphatic hydroxyl groups is 1. The lowest BCUT2D eigenvalue weighted by Crippen LogP contribution is -2.57. The zero-order chi connectivity index (χ0) is 49.9. The van der Waals surface area contributed by atoms with E-state index in [9.17, 15) is 34.2 Å². The molecule has 5 atom stereocenters. The molecule has 2 aliphatic heterocycles. The zero-order valence-corrected chi connectivity index (χ0v) is 42.4. The number of nitrogens with zero attached hydrogens (tertiary/aromatic N) is 5. The molecule has 3 aromatic heterocycles. The molecule has 4 amide bonds. The fourth-order valence-corrected chi connectivity index (χ4v) is 11.8. The number of fused-ring (bicyclic) bond motifs is 2. The second-order valence-electron chi connectivity index (χ2n) is 18.9. The van der Waals surface area contributed by atoms with E-state index < -0.39 is 47.5 Å². The maximum atomic E-state index is 14.3. The number of hydrogen-bond donors (Lipinski definition) is 5. The SMILES string of the molecule is COC(CCC(=O)N[C@H](C(=O)N1C[C@H](O)C[C@H]1C(=O)N[C@@H](C)c1ccc(-c2scnc2C)cc1)C(C)(C)C)CCc1sc(N2CCc3cccc(C(=O)Nc4nc5ccccc5s4)c3C2)nc1C(=O)O. The van der Waals surface area contributed by atoms with Gasteiger partial charge in [-0.15, -0.1) is 22.7 Å². The van der Waals surface area contributed by atoms with Crippen LogP contribution in [0, 0.1) is 12.3 Å². The normalized spacial score (nSPS) is 17.2. The maximum absolute atomic E-state index is 14.3. The summed E-state index contributed by atoms with van der Waals surface area (Å²) in [4.78, 5) is 86.3. The van der Waals surface area contributed by atoms with Crippen LogP contribution in [-0.2, 0) is 38.5 Å². The Labute approximate surface area is 418 Å². The summed E-state index contributed by atoms with van der Waals surface area (Å²) in [6.07, 6.45) is 0.432. The fourth-order valence-electron chi connectivity index (χ4n) is 9.07. The number of ether oxygens (including phenoxy) is 1. The molecule has 5 heterocycles. The Morgan fingerprint density at radius 3 is 2.43 bits per heavy atom. The molecule has 0 saturated carbocycles. The largest absolute Gasteiger partial charge is 0.476 e. The smallest absolute Gasteiger partial charge is 0.355 e. The van der Waals surface area contributed by atoms with Crippen LogP contribution in [0.25, 0.3) is 20.7 Å². The second kappa shape index (κ2) is 21.5. The number of carboxylic acids is 1. The van der Waals surface area contributed by atoms with Gasteiger partial charge < -0.3 is 35.4 Å². The Hall–Kier alpha value is -6.12. The van der Waals surface area contributed by atoms with Crippen molar-refractivity contribution in [3.05, 3.63) is 111 Å². The van der Waals surface area contributed by atoms with Crippen LogP contribution in [0.2, 0.25) is 0 Å². The van der Waals surface area contributed by atoms with Crippen molar-refractivity contribution in [3.8, 4) is 10.4 Å². The van der Waals surface area contributed by atoms with Crippen LogP contribution in [0.1, 0.15) is 108 Å². The van der Waals surface area contributed by atoms with E-state index in [0.717, 1.165) is 43.0 Å². The molecule has 1 saturated heterocycles. The van der Waals surface area contributed by atoms with E-state index in [1.807, 2.05) is 106 Å². The molecule has 0 aliphatic carbocycles. The van der Waals surface area contributed by atoms with Crippen molar-refractivity contribution in [3.63, 3.8) is 0 Å². The number of aliphatic hydroxyl groups excluding tert-OH is 1. The lowest BCUT2D eigenvalue weighted by atomic mass is 9.85. The number of β-amino-alcohol motifs (C(OH)–C–C–N with tert-alkyl or cyclic N) is 1. The summed E-state index contributed by atoms with van der Waals surface area (Å²) in [5, 5.41) is 30.9. The van der Waals surface area contributed by atoms with Gasteiger partial charge in [-0.05, 0) is 85.4 Å². The van der Waals surface area contributed by atoms with Gasteiger partial charge in [0.1, 0.15) is 12.1 Å². The summed E-state index contributed by atoms with van der Waals surface area (Å²) < 4.78 is 6.75. The number of methoxy groups -OCH3 is 1. The summed E-state index contributed by atoms with van der Waals surface area (Å²) in [6.45, 7) is 10.2. The highest BCUT2D eigenvalue weighted by Gasteiger charge is 2.45. The number of amides is 4. The minimum Gasteiger partial charge on any atom is -0.476 e. The molecule has 6 aromatic rings. The summed E-state index contributed by atoms with van der Waals surface area (Å²) >= 11 is 4.27. The van der Waals surface area contributed by atoms with Gasteiger partial charge in [-0.1, -0.05) is 80.6 Å². The van der Waals surface area contributed by atoms with Crippen molar-refractivity contribution in [2.24, 2.45) is 5.41 Å². The number of thiazole rings is 3. The summed E-state index contributed by atoms with van der Waals surface area (Å²) in [6, 6.07) is 18.9. The highest BCUT2D eigenvalue weighted by atomic mass is 32.1. The van der Waals surface area contributed by atoms with Crippen LogP contribution >= 0.6 is 34.0 Å². The lowest BCUT2D eigenvalue weighted by Gasteiger charge is -2.35. The quantitative estimate of drug-likeness (QED) is 0.0592. The number of benzene rings is 3. The van der Waals surface area contributed by atoms with Crippen LogP contribution in [0.4, 0.5) is 10.3 Å². The van der Waals surface area contributed by atoms with Crippen LogP contribution in [-0.4, -0.2) is 104 Å². The third-order valence-corrected chi connectivity index (χ3v) is 16.1. The first-order valence-electron chi connectivity index (χ1n) is 23.3. The molecule has 1 fully saturated rings. The maximum Gasteiger partial charge on any atom is 0.355 e. The summed E-state index contributed by atoms with van der Waals surface area (Å²) in [5.74, 6) is -2.65. The third kappa shape index (κ3) is 11.4. The standard InChI is InChI=1S/C51H58N8O8S3/c1-28(30-14-16-32(17-15-30)43-29(2)52-27-68-43)53-46(63)38-24-33(60)25-59(38)47(64)44(51(3,4)5)55-41(61)21-19-34(67-6)18-20-40-42(48(65)66)56-50(70-40)58-23-22-31-10-9-11-35(36(31)26-58)45(62)57-49-54-37-12-7-8-13-39(37)69-49/h7-17,27-28,33-34,38,44,60H,18-26H2,1-6H3,(H,53,63)(H,55,61)(H,65,66)(H,54,57,62)/t28-,33+,34?,38-,44+/m0/s1. The molecule has 368 valence electrons. The molecule has 0 spiro atoms. The Morgan fingerprint density at radius 2 is 1.73 bits per heavy atom. The predicted molar refractivity (Wildman–Crippen MR) is 273 cm³/mol. The highest BCUT2D eigenvalue weighted by molar-refractivity contribution is 7.22. The number of carboxylic acid groups (broad SMARTS) is 1. The van der Waals surface area contributed by atoms with Crippen molar-refractivity contribution in [2.45, 2.75) is 110 Å². The van der Waals surface area contributed by atoms with E-state index in [4.69, 9.17) is 4.74 Å². The first kappa shape index (κ1) is 50.3. The predicted octanol–water partition coefficient (Wildman–Crippen LogP) is 7.80. The number of aryl methyl sites for hydroxylation is 2. The van der Waals surface area contributed by atoms with Gasteiger partial charge >= 0.3 is 5.97 Å². The number of nitrogens with one attached hydrogen (secondary N) is 3. The van der Waals surface area contributed by atoms with Crippen molar-refractivity contribution >= 4 is 84.1 Å². The van der Waals surface area contributed by atoms with E-state index in [0.29, 0.717) is 59.5 Å². The van der Waals surface area contributed by atoms with E-state index in [-0.39, 0.29) is 42.9 Å². The number of rotatable bonds is 17. The molecule has 1 unspecified atom stereocenters. The van der Waals surface area contributed by atoms with Gasteiger partial charge in [0, 0.05) is 50.0 Å². The molecule has 3 aromatic carbocycles. The highest BCUT2D eigenvalue weighted by Crippen LogP contribution is 2.35. The van der Waals surface area contributed by atoms with Gasteiger partial charge in [-0.25, -0.2) is 19.7 Å². The molecule has 2 aliphatic rings. The van der Waals surface area contributed by atoms with Gasteiger partial charge in [0.25, 0.3) is 5.91 Å². The molecule has 0 bridgehead atoms. The van der Waals surface area contributed by atoms with Crippen LogP contribution in [0.15, 0.2) is 72.2 Å². The second-order valence-corrected chi connectivity index (χ2v) is 21.9. The van der Waals surface area contributed by atoms with E-state index >= 15 is 0 Å². The van der Waals surface area contributed by atoms with E-state index in [1.165, 1.54) is 27.6 Å². The average molecular weight is 1010 g/mol. The summed E-state index contributed by atoms with van der Waals surface area (Å²) in [5.41, 5.74) is 7.11. The lowest BCUT2D eigenvalue weighted by molar-refractivity contribution is -0.144. The van der Waals surface area contributed by atoms with Crippen LogP contribution in [0.3, 0.4) is 0 Å². The molecule has 19 heteroatoms. The van der Waals surface area contributed by atoms with E-state index in [1.54, 1.807) is 24.5 Å². The van der Waals surface area contributed by atoms with E-state index in [2.05, 4.69) is 30.9 Å². The molecular weight excluding hydrogens is 949 g/mol. The third-order valence-electron chi connectivity index (χ3n) is 13.0. The number of aromatic carboxylic acids is 1. The van der Waals surface area contributed by atoms with Crippen LogP contribution in [0.5, 0.6) is 0 Å². The minimum atomic E-state index is -1.15. The number of hydrogen-bond acceptors (Lipinski definition) is 14. The molecular formula is C51H58N8O8S3. The number of carbonyl (C=O) groups is 5. The Kier molecular flexibility index (Phi) is 15.4. The minimum absolute atomic E-state index is 0.0194.